The van der Waals surface area contributed by atoms with Gasteiger partial charge in [0.2, 0.25) is 0 Å². The van der Waals surface area contributed by atoms with E-state index in [9.17, 15) is 9.90 Å². The van der Waals surface area contributed by atoms with E-state index in [0.717, 1.165) is 54.7 Å². The van der Waals surface area contributed by atoms with Crippen LogP contribution in [0.1, 0.15) is 77.2 Å². The van der Waals surface area contributed by atoms with Crippen LogP contribution in [0.3, 0.4) is 0 Å². The summed E-state index contributed by atoms with van der Waals surface area (Å²) in [6, 6.07) is 20.0. The van der Waals surface area contributed by atoms with Crippen molar-refractivity contribution < 1.29 is 9.90 Å². The topological polar surface area (TPSA) is 49.7 Å². The van der Waals surface area contributed by atoms with Gasteiger partial charge in [0.05, 0.1) is 11.8 Å². The number of benzene rings is 2. The van der Waals surface area contributed by atoms with Crippen molar-refractivity contribution in [2.75, 3.05) is 0 Å². The largest absolute Gasteiger partial charge is 0.393 e. The number of ketones is 1. The summed E-state index contributed by atoms with van der Waals surface area (Å²) in [6.45, 7) is 4.85. The fourth-order valence-corrected chi connectivity index (χ4v) is 8.22. The summed E-state index contributed by atoms with van der Waals surface area (Å²) in [7, 11) is 0. The minimum absolute atomic E-state index is 0.0677. The Bertz CT molecular complexity index is 993. The molecule has 4 saturated carbocycles. The molecule has 0 saturated heterocycles. The first kappa shape index (κ1) is 24.4. The molecule has 4 fully saturated rings. The van der Waals surface area contributed by atoms with Gasteiger partial charge in [0.15, 0.2) is 0 Å². The molecule has 4 aliphatic carbocycles. The molecule has 4 aliphatic rings. The van der Waals surface area contributed by atoms with Crippen LogP contribution in [0, 0.1) is 34.5 Å². The highest BCUT2D eigenvalue weighted by Gasteiger charge is 2.59. The highest BCUT2D eigenvalue weighted by molar-refractivity contribution is 5.81. The van der Waals surface area contributed by atoms with Crippen molar-refractivity contribution >= 4 is 17.7 Å². The van der Waals surface area contributed by atoms with E-state index in [4.69, 9.17) is 0 Å². The van der Waals surface area contributed by atoms with Gasteiger partial charge in [-0.2, -0.15) is 0 Å². The fraction of sp³-hybridized carbons (Fsp3) is 0.562. The molecule has 3 heteroatoms. The maximum Gasteiger partial charge on any atom is 0.133 e. The van der Waals surface area contributed by atoms with E-state index in [-0.39, 0.29) is 11.5 Å². The second-order valence-corrected chi connectivity index (χ2v) is 12.0. The van der Waals surface area contributed by atoms with Gasteiger partial charge in [-0.1, -0.05) is 62.4 Å². The predicted molar refractivity (Wildman–Crippen MR) is 143 cm³/mol. The van der Waals surface area contributed by atoms with Gasteiger partial charge in [0.25, 0.3) is 0 Å². The molecule has 1 N–H and O–H groups in total. The molecule has 0 spiro atoms. The lowest BCUT2D eigenvalue weighted by Gasteiger charge is -2.60. The average molecular weight is 472 g/mol. The summed E-state index contributed by atoms with van der Waals surface area (Å²) in [5.74, 6) is 3.52. The van der Waals surface area contributed by atoms with E-state index in [1.54, 1.807) is 0 Å². The monoisotopic (exact) mass is 471 g/mol. The van der Waals surface area contributed by atoms with Crippen molar-refractivity contribution in [1.82, 2.24) is 0 Å². The fourth-order valence-electron chi connectivity index (χ4n) is 8.22. The molecule has 0 unspecified atom stereocenters. The smallest absolute Gasteiger partial charge is 0.133 e. The molecular formula is C32H41NO2. The third-order valence-electron chi connectivity index (χ3n) is 10.4. The summed E-state index contributed by atoms with van der Waals surface area (Å²) in [5, 5.41) is 10.5. The Hall–Kier alpha value is -2.26. The van der Waals surface area contributed by atoms with Gasteiger partial charge in [0.1, 0.15) is 5.78 Å². The van der Waals surface area contributed by atoms with E-state index in [0.29, 0.717) is 17.1 Å². The number of aliphatic hydroxyl groups excluding tert-OH is 1. The Morgan fingerprint density at radius 2 is 1.51 bits per heavy atom. The Morgan fingerprint density at radius 1 is 0.829 bits per heavy atom. The molecule has 0 aromatic heterocycles. The molecule has 186 valence electrons. The lowest BCUT2D eigenvalue weighted by Crippen LogP contribution is -2.54. The van der Waals surface area contributed by atoms with Crippen molar-refractivity contribution in [1.29, 1.82) is 0 Å². The molecule has 35 heavy (non-hydrogen) atoms. The summed E-state index contributed by atoms with van der Waals surface area (Å²) in [4.78, 5) is 16.2. The van der Waals surface area contributed by atoms with Crippen molar-refractivity contribution in [2.24, 2.45) is 39.5 Å². The van der Waals surface area contributed by atoms with Gasteiger partial charge in [0, 0.05) is 19.1 Å². The third kappa shape index (κ3) is 4.77. The second kappa shape index (κ2) is 10.0. The first-order chi connectivity index (χ1) is 16.9. The van der Waals surface area contributed by atoms with Crippen molar-refractivity contribution in [3.8, 4) is 0 Å². The van der Waals surface area contributed by atoms with Crippen LogP contribution in [0.15, 0.2) is 65.7 Å². The zero-order valence-corrected chi connectivity index (χ0v) is 21.4. The number of carbonyl (C=O) groups excluding carboxylic acids is 1. The van der Waals surface area contributed by atoms with Gasteiger partial charge in [-0.05, 0) is 97.1 Å². The molecule has 0 aliphatic heterocycles. The number of fused-ring (bicyclic) bond motifs is 5. The third-order valence-corrected chi connectivity index (χ3v) is 10.4. The summed E-state index contributed by atoms with van der Waals surface area (Å²) < 4.78 is 0. The average Bonchev–Trinajstić information content (AvgIpc) is 3.19. The summed E-state index contributed by atoms with van der Waals surface area (Å²) in [6.07, 6.45) is 11.9. The quantitative estimate of drug-likeness (QED) is 0.464. The lowest BCUT2D eigenvalue weighted by molar-refractivity contribution is -0.141. The van der Waals surface area contributed by atoms with E-state index in [1.807, 2.05) is 66.9 Å². The molecule has 0 amide bonds. The first-order valence-corrected chi connectivity index (χ1v) is 13.7. The van der Waals surface area contributed by atoms with Crippen molar-refractivity contribution in [3.63, 3.8) is 0 Å². The number of aliphatic imine (C=N–C) groups is 1. The van der Waals surface area contributed by atoms with Crippen LogP contribution in [0.4, 0.5) is 5.69 Å². The van der Waals surface area contributed by atoms with Gasteiger partial charge in [-0.3, -0.25) is 9.79 Å². The molecule has 3 nitrogen and oxygen atoms in total. The Labute approximate surface area is 211 Å². The zero-order valence-electron chi connectivity index (χ0n) is 21.4. The number of hydrogen-bond donors (Lipinski definition) is 1. The molecular weight excluding hydrogens is 430 g/mol. The van der Waals surface area contributed by atoms with E-state index < -0.39 is 0 Å². The van der Waals surface area contributed by atoms with E-state index in [2.05, 4.69) is 18.8 Å². The predicted octanol–water partition coefficient (Wildman–Crippen LogP) is 7.40. The molecule has 0 radical (unpaired) electrons. The second-order valence-electron chi connectivity index (χ2n) is 12.0. The highest BCUT2D eigenvalue weighted by atomic mass is 16.3. The number of hydrogen-bond acceptors (Lipinski definition) is 3. The number of para-hydroxylation sites is 1. The van der Waals surface area contributed by atoms with Crippen LogP contribution < -0.4 is 0 Å². The van der Waals surface area contributed by atoms with Crippen LogP contribution in [0.5, 0.6) is 0 Å². The Balaban J connectivity index is 0.000000158. The minimum atomic E-state index is -0.0677. The SMILES string of the molecule is C(=Nc1ccccc1)c1ccccc1.C[C@]12CCC(=O)C[C@@H]1CC[C@@H]1[C@@H]2CC[C@]2(C)[C@@H](O)CC[C@@H]12. The maximum absolute atomic E-state index is 11.9. The van der Waals surface area contributed by atoms with Gasteiger partial charge in [-0.15, -0.1) is 0 Å². The number of nitrogens with zero attached hydrogens (tertiary/aromatic N) is 1. The molecule has 0 heterocycles. The number of rotatable bonds is 2. The maximum atomic E-state index is 11.9. The molecule has 2 aromatic rings. The number of Topliss-reactive ketones (excluding diaryl/α,β-unsaturated/α-hetero) is 1. The van der Waals surface area contributed by atoms with Crippen LogP contribution in [-0.4, -0.2) is 23.2 Å². The molecule has 7 atom stereocenters. The first-order valence-electron chi connectivity index (χ1n) is 13.7. The van der Waals surface area contributed by atoms with Gasteiger partial charge in [-0.25, -0.2) is 0 Å². The van der Waals surface area contributed by atoms with Crippen molar-refractivity contribution in [2.45, 2.75) is 77.7 Å². The van der Waals surface area contributed by atoms with E-state index in [1.165, 1.54) is 32.1 Å². The summed E-state index contributed by atoms with van der Waals surface area (Å²) >= 11 is 0. The van der Waals surface area contributed by atoms with Crippen molar-refractivity contribution in [3.05, 3.63) is 66.2 Å². The zero-order chi connectivity index (χ0) is 24.5. The van der Waals surface area contributed by atoms with Crippen LogP contribution >= 0.6 is 0 Å². The normalized spacial score (nSPS) is 38.1. The number of aliphatic hydroxyl groups is 1. The molecule has 2 aromatic carbocycles. The number of carbonyl (C=O) groups is 1. The minimum Gasteiger partial charge on any atom is -0.393 e. The highest BCUT2D eigenvalue weighted by Crippen LogP contribution is 2.65. The Kier molecular flexibility index (Phi) is 6.99. The Morgan fingerprint density at radius 3 is 2.26 bits per heavy atom. The lowest BCUT2D eigenvalue weighted by atomic mass is 9.45. The van der Waals surface area contributed by atoms with Gasteiger partial charge >= 0.3 is 0 Å². The van der Waals surface area contributed by atoms with Crippen LogP contribution in [0.25, 0.3) is 0 Å². The molecule has 0 bridgehead atoms. The van der Waals surface area contributed by atoms with Crippen LogP contribution in [0.2, 0.25) is 0 Å². The van der Waals surface area contributed by atoms with Crippen LogP contribution in [-0.2, 0) is 4.79 Å². The standard InChI is InChI=1S/C19H30O2.C13H11N/c1-18-9-7-13(20)11-12(18)3-4-14-15-5-6-17(21)19(15,2)10-8-16(14)18;1-3-7-12(8-4-1)11-14-13-9-5-2-6-10-13/h12,14-17,21H,3-11H2,1-2H3;1-11H/t12-,14-,15-,16-,17-,18-,19-;/m0./s1. The van der Waals surface area contributed by atoms with E-state index >= 15 is 0 Å². The molecule has 6 rings (SSSR count). The summed E-state index contributed by atoms with van der Waals surface area (Å²) in [5.41, 5.74) is 2.70. The van der Waals surface area contributed by atoms with Gasteiger partial charge < -0.3 is 5.11 Å².